The van der Waals surface area contributed by atoms with Crippen molar-refractivity contribution in [3.05, 3.63) is 60.7 Å². The lowest BCUT2D eigenvalue weighted by Gasteiger charge is -2.05. The summed E-state index contributed by atoms with van der Waals surface area (Å²) in [5, 5.41) is 5.53. The largest absolute Gasteiger partial charge is 0.423 e. The van der Waals surface area contributed by atoms with Gasteiger partial charge in [-0.2, -0.15) is 4.98 Å². The molecule has 4 aromatic rings. The van der Waals surface area contributed by atoms with Crippen LogP contribution >= 0.6 is 0 Å². The number of nitrogens with one attached hydrogen (secondary N) is 1. The van der Waals surface area contributed by atoms with Gasteiger partial charge in [0.25, 0.3) is 6.01 Å². The Bertz CT molecular complexity index is 938. The Morgan fingerprint density at radius 2 is 1.81 bits per heavy atom. The van der Waals surface area contributed by atoms with Gasteiger partial charge in [0.05, 0.1) is 5.69 Å². The van der Waals surface area contributed by atoms with Crippen molar-refractivity contribution < 1.29 is 4.42 Å². The number of hydrogen-bond donors (Lipinski definition) is 2. The summed E-state index contributed by atoms with van der Waals surface area (Å²) in [4.78, 5) is 4.42. The molecule has 1 aromatic heterocycles. The first-order valence-corrected chi connectivity index (χ1v) is 6.70. The zero-order chi connectivity index (χ0) is 14.2. The Labute approximate surface area is 121 Å². The van der Waals surface area contributed by atoms with Gasteiger partial charge in [0, 0.05) is 11.1 Å². The average molecular weight is 275 g/mol. The molecule has 0 saturated heterocycles. The van der Waals surface area contributed by atoms with E-state index in [4.69, 9.17) is 10.2 Å². The molecular weight excluding hydrogens is 262 g/mol. The number of nitrogens with two attached hydrogens (primary N) is 1. The summed E-state index contributed by atoms with van der Waals surface area (Å²) in [5.74, 6) is 0. The molecule has 0 amide bonds. The molecule has 3 aromatic carbocycles. The maximum atomic E-state index is 5.76. The zero-order valence-electron chi connectivity index (χ0n) is 11.2. The van der Waals surface area contributed by atoms with E-state index in [1.807, 2.05) is 30.3 Å². The molecule has 4 nitrogen and oxygen atoms in total. The Hall–Kier alpha value is -3.01. The molecule has 0 unspecified atom stereocenters. The third-order valence-electron chi connectivity index (χ3n) is 3.44. The van der Waals surface area contributed by atoms with Gasteiger partial charge in [-0.05, 0) is 29.7 Å². The summed E-state index contributed by atoms with van der Waals surface area (Å²) < 4.78 is 5.70. The smallest absolute Gasteiger partial charge is 0.300 e. The Balaban J connectivity index is 1.79. The van der Waals surface area contributed by atoms with Crippen molar-refractivity contribution >= 4 is 39.3 Å². The lowest BCUT2D eigenvalue weighted by atomic mass is 10.1. The number of rotatable bonds is 2. The van der Waals surface area contributed by atoms with Crippen molar-refractivity contribution in [1.29, 1.82) is 0 Å². The van der Waals surface area contributed by atoms with E-state index in [-0.39, 0.29) is 0 Å². The van der Waals surface area contributed by atoms with Crippen molar-refractivity contribution in [2.24, 2.45) is 0 Å². The molecule has 0 aliphatic heterocycles. The van der Waals surface area contributed by atoms with Crippen LogP contribution < -0.4 is 11.1 Å². The normalized spacial score (nSPS) is 11.0. The van der Waals surface area contributed by atoms with E-state index in [0.29, 0.717) is 17.3 Å². The lowest BCUT2D eigenvalue weighted by Crippen LogP contribution is -1.91. The van der Waals surface area contributed by atoms with E-state index >= 15 is 0 Å². The van der Waals surface area contributed by atoms with Crippen LogP contribution in [-0.4, -0.2) is 4.98 Å². The molecule has 0 aliphatic carbocycles. The van der Waals surface area contributed by atoms with E-state index in [1.165, 1.54) is 5.39 Å². The summed E-state index contributed by atoms with van der Waals surface area (Å²) in [6.45, 7) is 0. The quantitative estimate of drug-likeness (QED) is 0.535. The Morgan fingerprint density at radius 1 is 0.952 bits per heavy atom. The van der Waals surface area contributed by atoms with Crippen LogP contribution in [0.5, 0.6) is 0 Å². The summed E-state index contributed by atoms with van der Waals surface area (Å²) in [5.41, 5.74) is 8.86. The topological polar surface area (TPSA) is 64.1 Å². The molecule has 102 valence electrons. The van der Waals surface area contributed by atoms with Gasteiger partial charge in [0.15, 0.2) is 5.58 Å². The number of nitrogens with zero attached hydrogens (tertiary/aromatic N) is 1. The first kappa shape index (κ1) is 11.8. The fourth-order valence-electron chi connectivity index (χ4n) is 2.45. The van der Waals surface area contributed by atoms with Crippen molar-refractivity contribution in [2.45, 2.75) is 0 Å². The molecule has 0 aliphatic rings. The fourth-order valence-corrected chi connectivity index (χ4v) is 2.45. The van der Waals surface area contributed by atoms with Crippen LogP contribution in [0.15, 0.2) is 65.1 Å². The van der Waals surface area contributed by atoms with Crippen LogP contribution in [0.2, 0.25) is 0 Å². The zero-order valence-corrected chi connectivity index (χ0v) is 11.2. The second kappa shape index (κ2) is 4.52. The SMILES string of the molecule is Nc1ccc2oc(Nc3cccc4ccccc34)nc2c1. The maximum Gasteiger partial charge on any atom is 0.300 e. The minimum atomic E-state index is 0.465. The number of aromatic nitrogens is 1. The second-order valence-electron chi connectivity index (χ2n) is 4.90. The van der Waals surface area contributed by atoms with Crippen LogP contribution in [0.3, 0.4) is 0 Å². The number of nitrogen functional groups attached to an aromatic ring is 1. The van der Waals surface area contributed by atoms with Gasteiger partial charge in [-0.3, -0.25) is 0 Å². The lowest BCUT2D eigenvalue weighted by molar-refractivity contribution is 0.623. The number of hydrogen-bond acceptors (Lipinski definition) is 4. The van der Waals surface area contributed by atoms with Gasteiger partial charge < -0.3 is 15.5 Å². The molecule has 0 spiro atoms. The average Bonchev–Trinajstić information content (AvgIpc) is 2.89. The highest BCUT2D eigenvalue weighted by Gasteiger charge is 2.07. The molecule has 0 radical (unpaired) electrons. The first-order valence-electron chi connectivity index (χ1n) is 6.70. The molecule has 0 atom stereocenters. The predicted octanol–water partition coefficient (Wildman–Crippen LogP) is 4.31. The van der Waals surface area contributed by atoms with Gasteiger partial charge >= 0.3 is 0 Å². The summed E-state index contributed by atoms with van der Waals surface area (Å²) in [7, 11) is 0. The molecule has 3 N–H and O–H groups in total. The van der Waals surface area contributed by atoms with Gasteiger partial charge in [-0.25, -0.2) is 0 Å². The van der Waals surface area contributed by atoms with Crippen LogP contribution in [-0.2, 0) is 0 Å². The molecule has 21 heavy (non-hydrogen) atoms. The number of oxazole rings is 1. The molecule has 4 heteroatoms. The van der Waals surface area contributed by atoms with Crippen molar-refractivity contribution in [3.8, 4) is 0 Å². The molecule has 4 rings (SSSR count). The van der Waals surface area contributed by atoms with Gasteiger partial charge in [0.2, 0.25) is 0 Å². The van der Waals surface area contributed by atoms with Gasteiger partial charge in [0.1, 0.15) is 5.52 Å². The number of fused-ring (bicyclic) bond motifs is 2. The minimum absolute atomic E-state index is 0.465. The standard InChI is InChI=1S/C17H13N3O/c18-12-8-9-16-15(10-12)20-17(21-16)19-14-7-3-5-11-4-1-2-6-13(11)14/h1-10H,18H2,(H,19,20). The monoisotopic (exact) mass is 275 g/mol. The number of benzene rings is 3. The molecule has 0 bridgehead atoms. The van der Waals surface area contributed by atoms with E-state index in [0.717, 1.165) is 16.6 Å². The third kappa shape index (κ3) is 2.07. The van der Waals surface area contributed by atoms with Gasteiger partial charge in [-0.15, -0.1) is 0 Å². The highest BCUT2D eigenvalue weighted by molar-refractivity contribution is 5.95. The van der Waals surface area contributed by atoms with E-state index in [2.05, 4.69) is 28.5 Å². The first-order chi connectivity index (χ1) is 10.3. The fraction of sp³-hybridized carbons (Fsp3) is 0. The Kier molecular flexibility index (Phi) is 2.54. The van der Waals surface area contributed by atoms with Crippen LogP contribution in [0.25, 0.3) is 21.9 Å². The van der Waals surface area contributed by atoms with Crippen molar-refractivity contribution in [1.82, 2.24) is 4.98 Å². The maximum absolute atomic E-state index is 5.76. The Morgan fingerprint density at radius 3 is 2.76 bits per heavy atom. The van der Waals surface area contributed by atoms with Crippen LogP contribution in [0.1, 0.15) is 0 Å². The molecular formula is C17H13N3O. The van der Waals surface area contributed by atoms with E-state index in [9.17, 15) is 0 Å². The second-order valence-corrected chi connectivity index (χ2v) is 4.90. The third-order valence-corrected chi connectivity index (χ3v) is 3.44. The highest BCUT2D eigenvalue weighted by Crippen LogP contribution is 2.28. The predicted molar refractivity (Wildman–Crippen MR) is 85.7 cm³/mol. The van der Waals surface area contributed by atoms with Crippen LogP contribution in [0, 0.1) is 0 Å². The van der Waals surface area contributed by atoms with E-state index in [1.54, 1.807) is 12.1 Å². The van der Waals surface area contributed by atoms with E-state index < -0.39 is 0 Å². The van der Waals surface area contributed by atoms with Crippen molar-refractivity contribution in [2.75, 3.05) is 11.1 Å². The molecule has 0 saturated carbocycles. The molecule has 1 heterocycles. The molecule has 0 fully saturated rings. The van der Waals surface area contributed by atoms with Gasteiger partial charge in [-0.1, -0.05) is 36.4 Å². The minimum Gasteiger partial charge on any atom is -0.423 e. The highest BCUT2D eigenvalue weighted by atomic mass is 16.4. The van der Waals surface area contributed by atoms with Crippen molar-refractivity contribution in [3.63, 3.8) is 0 Å². The summed E-state index contributed by atoms with van der Waals surface area (Å²) in [6, 6.07) is 20.2. The van der Waals surface area contributed by atoms with Crippen LogP contribution in [0.4, 0.5) is 17.4 Å². The summed E-state index contributed by atoms with van der Waals surface area (Å²) >= 11 is 0. The number of anilines is 3. The summed E-state index contributed by atoms with van der Waals surface area (Å²) in [6.07, 6.45) is 0.